The Morgan fingerprint density at radius 3 is 2.25 bits per heavy atom. The Morgan fingerprint density at radius 1 is 1.25 bits per heavy atom. The van der Waals surface area contributed by atoms with Crippen LogP contribution in [0.25, 0.3) is 0 Å². The highest BCUT2D eigenvalue weighted by Gasteiger charge is 2.39. The van der Waals surface area contributed by atoms with E-state index in [2.05, 4.69) is 5.32 Å². The van der Waals surface area contributed by atoms with Crippen molar-refractivity contribution in [2.75, 3.05) is 13.1 Å². The van der Waals surface area contributed by atoms with E-state index in [9.17, 15) is 17.6 Å². The summed E-state index contributed by atoms with van der Waals surface area (Å²) in [4.78, 5) is 8.90. The highest BCUT2D eigenvalue weighted by Crippen LogP contribution is 2.37. The molecule has 0 aromatic heterocycles. The number of hydrogen-bond donors (Lipinski definition) is 2. The minimum atomic E-state index is -5.08. The topological polar surface area (TPSA) is 58.6 Å². The smallest absolute Gasteiger partial charge is 0.489 e. The summed E-state index contributed by atoms with van der Waals surface area (Å²) in [5.41, 5.74) is 0. The largest absolute Gasteiger partial charge is 0.490 e. The van der Waals surface area contributed by atoms with Crippen molar-refractivity contribution in [3.63, 3.8) is 0 Å². The van der Waals surface area contributed by atoms with Crippen LogP contribution in [0, 0.1) is 17.7 Å². The molecule has 1 saturated heterocycles. The van der Waals surface area contributed by atoms with Gasteiger partial charge in [0.25, 0.3) is 0 Å². The normalized spacial score (nSPS) is 25.6. The van der Waals surface area contributed by atoms with E-state index >= 15 is 0 Å². The van der Waals surface area contributed by atoms with Crippen molar-refractivity contribution in [3.8, 4) is 5.75 Å². The van der Waals surface area contributed by atoms with Gasteiger partial charge in [-0.2, -0.15) is 13.2 Å². The lowest BCUT2D eigenvalue weighted by atomic mass is 10.0. The average Bonchev–Trinajstić information content (AvgIpc) is 3.02. The van der Waals surface area contributed by atoms with Crippen molar-refractivity contribution in [1.29, 1.82) is 0 Å². The van der Waals surface area contributed by atoms with Crippen LogP contribution >= 0.6 is 11.6 Å². The van der Waals surface area contributed by atoms with Gasteiger partial charge in [-0.05, 0) is 56.0 Å². The van der Waals surface area contributed by atoms with Crippen molar-refractivity contribution in [2.45, 2.75) is 25.1 Å². The minimum absolute atomic E-state index is 0.232. The first-order valence-electron chi connectivity index (χ1n) is 7.29. The molecule has 1 saturated carbocycles. The quantitative estimate of drug-likeness (QED) is 0.783. The molecule has 1 heterocycles. The summed E-state index contributed by atoms with van der Waals surface area (Å²) in [5, 5.41) is 10.9. The standard InChI is InChI=1S/C13H15ClFNO.C2HF3O2/c14-12-5-10(15)1-2-13(12)17-11-3-8-6-16-7-9(8)4-11;3-2(4,5)1(6)7/h1-2,5,8-9,11,16H,3-4,6-7H2;(H,6,7)/t8-,9+,11?;. The van der Waals surface area contributed by atoms with Crippen LogP contribution in [0.5, 0.6) is 5.75 Å². The molecule has 0 spiro atoms. The fourth-order valence-electron chi connectivity index (χ4n) is 2.96. The minimum Gasteiger partial charge on any atom is -0.489 e. The second kappa shape index (κ2) is 7.57. The van der Waals surface area contributed by atoms with E-state index in [0.717, 1.165) is 37.8 Å². The number of ether oxygens (including phenoxy) is 1. The number of rotatable bonds is 2. The molecule has 4 nitrogen and oxygen atoms in total. The molecule has 134 valence electrons. The van der Waals surface area contributed by atoms with Crippen LogP contribution in [0.15, 0.2) is 18.2 Å². The number of carboxylic acid groups (broad SMARTS) is 1. The third-order valence-corrected chi connectivity index (χ3v) is 4.34. The highest BCUT2D eigenvalue weighted by atomic mass is 35.5. The SMILES string of the molecule is Fc1ccc(OC2C[C@H]3CNC[C@H]3C2)c(Cl)c1.O=C(O)C(F)(F)F. The maximum Gasteiger partial charge on any atom is 0.490 e. The lowest BCUT2D eigenvalue weighted by molar-refractivity contribution is -0.192. The molecule has 1 aromatic carbocycles. The second-order valence-electron chi connectivity index (χ2n) is 5.77. The number of halogens is 5. The molecular formula is C15H16ClF4NO3. The van der Waals surface area contributed by atoms with Gasteiger partial charge in [0, 0.05) is 0 Å². The first-order valence-corrected chi connectivity index (χ1v) is 7.67. The highest BCUT2D eigenvalue weighted by molar-refractivity contribution is 6.32. The molecule has 1 aliphatic heterocycles. The van der Waals surface area contributed by atoms with Crippen LogP contribution in [0.1, 0.15) is 12.8 Å². The molecule has 3 rings (SSSR count). The van der Waals surface area contributed by atoms with Crippen molar-refractivity contribution in [3.05, 3.63) is 29.0 Å². The molecule has 1 unspecified atom stereocenters. The lowest BCUT2D eigenvalue weighted by Gasteiger charge is -2.15. The molecule has 2 aliphatic rings. The molecule has 0 bridgehead atoms. The predicted octanol–water partition coefficient (Wildman–Crippen LogP) is 3.49. The van der Waals surface area contributed by atoms with Gasteiger partial charge in [0.1, 0.15) is 11.6 Å². The van der Waals surface area contributed by atoms with Crippen LogP contribution in [-0.2, 0) is 4.79 Å². The number of carboxylic acids is 1. The molecule has 1 aliphatic carbocycles. The van der Waals surface area contributed by atoms with E-state index in [-0.39, 0.29) is 11.9 Å². The number of alkyl halides is 3. The van der Waals surface area contributed by atoms with Gasteiger partial charge >= 0.3 is 12.1 Å². The van der Waals surface area contributed by atoms with Gasteiger partial charge in [0.05, 0.1) is 11.1 Å². The maximum atomic E-state index is 12.9. The third-order valence-electron chi connectivity index (χ3n) is 4.04. The van der Waals surface area contributed by atoms with Gasteiger partial charge in [-0.25, -0.2) is 9.18 Å². The predicted molar refractivity (Wildman–Crippen MR) is 78.6 cm³/mol. The molecule has 24 heavy (non-hydrogen) atoms. The fourth-order valence-corrected chi connectivity index (χ4v) is 3.17. The van der Waals surface area contributed by atoms with E-state index in [1.165, 1.54) is 12.1 Å². The molecule has 3 atom stereocenters. The number of fused-ring (bicyclic) bond motifs is 1. The van der Waals surface area contributed by atoms with E-state index in [1.807, 2.05) is 0 Å². The summed E-state index contributed by atoms with van der Waals surface area (Å²) in [7, 11) is 0. The van der Waals surface area contributed by atoms with Gasteiger partial charge in [0.15, 0.2) is 0 Å². The fraction of sp³-hybridized carbons (Fsp3) is 0.533. The summed E-state index contributed by atoms with van der Waals surface area (Å²) >= 11 is 5.95. The Hall–Kier alpha value is -1.54. The van der Waals surface area contributed by atoms with Gasteiger partial charge in [0.2, 0.25) is 0 Å². The average molecular weight is 370 g/mol. The molecule has 2 fully saturated rings. The molecule has 0 amide bonds. The third kappa shape index (κ3) is 4.98. The van der Waals surface area contributed by atoms with Crippen LogP contribution in [0.2, 0.25) is 5.02 Å². The van der Waals surface area contributed by atoms with Crippen molar-refractivity contribution < 1.29 is 32.2 Å². The van der Waals surface area contributed by atoms with E-state index in [0.29, 0.717) is 10.8 Å². The number of carbonyl (C=O) groups is 1. The zero-order valence-corrected chi connectivity index (χ0v) is 13.2. The van der Waals surface area contributed by atoms with Crippen molar-refractivity contribution in [1.82, 2.24) is 5.32 Å². The number of benzene rings is 1. The van der Waals surface area contributed by atoms with Crippen molar-refractivity contribution >= 4 is 17.6 Å². The monoisotopic (exact) mass is 369 g/mol. The molecule has 1 aromatic rings. The van der Waals surface area contributed by atoms with Crippen LogP contribution < -0.4 is 10.1 Å². The molecule has 0 radical (unpaired) electrons. The van der Waals surface area contributed by atoms with E-state index in [1.54, 1.807) is 6.07 Å². The van der Waals surface area contributed by atoms with Crippen LogP contribution in [0.3, 0.4) is 0 Å². The number of hydrogen-bond acceptors (Lipinski definition) is 3. The zero-order valence-electron chi connectivity index (χ0n) is 12.4. The number of nitrogens with one attached hydrogen (secondary N) is 1. The first kappa shape index (κ1) is 18.8. The summed E-state index contributed by atoms with van der Waals surface area (Å²) < 4.78 is 50.5. The summed E-state index contributed by atoms with van der Waals surface area (Å²) in [5.74, 6) is -1.01. The Bertz CT molecular complexity index is 585. The Kier molecular flexibility index (Phi) is 5.92. The Labute approximate surface area is 140 Å². The molecule has 2 N–H and O–H groups in total. The van der Waals surface area contributed by atoms with Gasteiger partial charge in [-0.1, -0.05) is 11.6 Å². The molecular weight excluding hydrogens is 354 g/mol. The van der Waals surface area contributed by atoms with Gasteiger partial charge in [-0.3, -0.25) is 0 Å². The Morgan fingerprint density at radius 2 is 1.79 bits per heavy atom. The maximum absolute atomic E-state index is 12.9. The van der Waals surface area contributed by atoms with Gasteiger partial charge in [-0.15, -0.1) is 0 Å². The summed E-state index contributed by atoms with van der Waals surface area (Å²) in [6.07, 6.45) is -2.70. The van der Waals surface area contributed by atoms with Gasteiger partial charge < -0.3 is 15.2 Å². The van der Waals surface area contributed by atoms with E-state index in [4.69, 9.17) is 26.2 Å². The van der Waals surface area contributed by atoms with E-state index < -0.39 is 12.1 Å². The summed E-state index contributed by atoms with van der Waals surface area (Å²) in [6.45, 7) is 2.20. The van der Waals surface area contributed by atoms with Crippen molar-refractivity contribution in [2.24, 2.45) is 11.8 Å². The lowest BCUT2D eigenvalue weighted by Crippen LogP contribution is -2.21. The van der Waals surface area contributed by atoms with Crippen LogP contribution in [0.4, 0.5) is 17.6 Å². The first-order chi connectivity index (χ1) is 11.2. The zero-order chi connectivity index (χ0) is 17.9. The second-order valence-corrected chi connectivity index (χ2v) is 6.17. The summed E-state index contributed by atoms with van der Waals surface area (Å²) in [6, 6.07) is 4.30. The Balaban J connectivity index is 0.000000256. The number of aliphatic carboxylic acids is 1. The van der Waals surface area contributed by atoms with Crippen LogP contribution in [-0.4, -0.2) is 36.4 Å². The molecule has 9 heteroatoms.